The van der Waals surface area contributed by atoms with Crippen LogP contribution in [0.25, 0.3) is 11.5 Å². The third-order valence-electron chi connectivity index (χ3n) is 3.67. The van der Waals surface area contributed by atoms with Crippen molar-refractivity contribution in [2.24, 2.45) is 5.92 Å². The molecule has 6 nitrogen and oxygen atoms in total. The van der Waals surface area contributed by atoms with Crippen LogP contribution >= 0.6 is 0 Å². The number of aromatic nitrogens is 1. The maximum absolute atomic E-state index is 13.2. The maximum atomic E-state index is 13.2. The molecular formula is C16H16FN3O3. The van der Waals surface area contributed by atoms with Gasteiger partial charge in [-0.2, -0.15) is 0 Å². The van der Waals surface area contributed by atoms with E-state index in [-0.39, 0.29) is 24.3 Å². The Morgan fingerprint density at radius 3 is 2.83 bits per heavy atom. The number of hydrogen-bond acceptors (Lipinski definition) is 4. The lowest BCUT2D eigenvalue weighted by atomic mass is 10.1. The number of urea groups is 1. The Hall–Kier alpha value is -2.70. The minimum atomic E-state index is -0.517. The van der Waals surface area contributed by atoms with Crippen molar-refractivity contribution in [2.75, 3.05) is 0 Å². The van der Waals surface area contributed by atoms with Gasteiger partial charge in [0.25, 0.3) is 5.91 Å². The molecule has 23 heavy (non-hydrogen) atoms. The highest BCUT2D eigenvalue weighted by Gasteiger charge is 2.39. The topological polar surface area (TPSA) is 75.4 Å². The average molecular weight is 317 g/mol. The van der Waals surface area contributed by atoms with E-state index in [1.807, 2.05) is 13.8 Å². The van der Waals surface area contributed by atoms with Crippen LogP contribution in [-0.4, -0.2) is 27.9 Å². The van der Waals surface area contributed by atoms with Gasteiger partial charge in [-0.25, -0.2) is 14.2 Å². The molecule has 1 atom stereocenters. The standard InChI is InChI=1S/C16H16FN3O3/c1-9(2)13-15(21)20(16(22)19-13)7-12-8-23-14(18-12)10-4-3-5-11(17)6-10/h3-6,8-9,13H,7H2,1-2H3,(H,19,22)/t13-/m1/s1. The van der Waals surface area contributed by atoms with Crippen LogP contribution in [0, 0.1) is 11.7 Å². The number of imide groups is 1. The van der Waals surface area contributed by atoms with Crippen LogP contribution in [0.2, 0.25) is 0 Å². The Balaban J connectivity index is 1.77. The minimum absolute atomic E-state index is 0.0108. The second-order valence-corrected chi connectivity index (χ2v) is 5.75. The van der Waals surface area contributed by atoms with Gasteiger partial charge >= 0.3 is 6.03 Å². The van der Waals surface area contributed by atoms with Gasteiger partial charge in [0.2, 0.25) is 5.89 Å². The summed E-state index contributed by atoms with van der Waals surface area (Å²) in [7, 11) is 0. The van der Waals surface area contributed by atoms with E-state index in [4.69, 9.17) is 4.42 Å². The number of halogens is 1. The second kappa shape index (κ2) is 5.83. The van der Waals surface area contributed by atoms with Gasteiger partial charge in [-0.05, 0) is 24.1 Å². The van der Waals surface area contributed by atoms with Crippen LogP contribution in [0.15, 0.2) is 34.9 Å². The van der Waals surface area contributed by atoms with Crippen molar-refractivity contribution in [1.82, 2.24) is 15.2 Å². The molecule has 2 aromatic rings. The van der Waals surface area contributed by atoms with Crippen LogP contribution in [0.3, 0.4) is 0 Å². The summed E-state index contributed by atoms with van der Waals surface area (Å²) >= 11 is 0. The maximum Gasteiger partial charge on any atom is 0.325 e. The van der Waals surface area contributed by atoms with Crippen LogP contribution in [-0.2, 0) is 11.3 Å². The summed E-state index contributed by atoms with van der Waals surface area (Å²) in [4.78, 5) is 29.5. The second-order valence-electron chi connectivity index (χ2n) is 5.75. The van der Waals surface area contributed by atoms with Gasteiger partial charge in [-0.3, -0.25) is 9.69 Å². The van der Waals surface area contributed by atoms with Crippen LogP contribution in [0.5, 0.6) is 0 Å². The van der Waals surface area contributed by atoms with Crippen molar-refractivity contribution in [3.05, 3.63) is 42.0 Å². The largest absolute Gasteiger partial charge is 0.444 e. The molecule has 0 bridgehead atoms. The average Bonchev–Trinajstić information content (AvgIpc) is 3.07. The molecular weight excluding hydrogens is 301 g/mol. The number of nitrogens with one attached hydrogen (secondary N) is 1. The fraction of sp³-hybridized carbons (Fsp3) is 0.312. The predicted octanol–water partition coefficient (Wildman–Crippen LogP) is 2.56. The first-order chi connectivity index (χ1) is 11.0. The summed E-state index contributed by atoms with van der Waals surface area (Å²) in [5, 5.41) is 2.65. The zero-order chi connectivity index (χ0) is 16.6. The van der Waals surface area contributed by atoms with Crippen molar-refractivity contribution in [2.45, 2.75) is 26.4 Å². The molecule has 1 aliphatic heterocycles. The summed E-state index contributed by atoms with van der Waals surface area (Å²) in [6.45, 7) is 3.75. The minimum Gasteiger partial charge on any atom is -0.444 e. The van der Waals surface area contributed by atoms with E-state index >= 15 is 0 Å². The molecule has 1 aromatic carbocycles. The molecule has 1 aliphatic rings. The highest BCUT2D eigenvalue weighted by atomic mass is 19.1. The molecule has 0 aliphatic carbocycles. The number of carbonyl (C=O) groups excluding carboxylic acids is 2. The molecule has 120 valence electrons. The highest BCUT2D eigenvalue weighted by molar-refractivity contribution is 6.04. The number of benzene rings is 1. The normalized spacial score (nSPS) is 17.9. The number of amides is 3. The molecule has 1 saturated heterocycles. The van der Waals surface area contributed by atoms with Crippen molar-refractivity contribution >= 4 is 11.9 Å². The summed E-state index contributed by atoms with van der Waals surface area (Å²) < 4.78 is 18.5. The summed E-state index contributed by atoms with van der Waals surface area (Å²) in [5.74, 6) is -0.417. The molecule has 0 unspecified atom stereocenters. The van der Waals surface area contributed by atoms with E-state index in [2.05, 4.69) is 10.3 Å². The number of hydrogen-bond donors (Lipinski definition) is 1. The fourth-order valence-electron chi connectivity index (χ4n) is 2.44. The summed E-state index contributed by atoms with van der Waals surface area (Å²) in [5.41, 5.74) is 0.922. The van der Waals surface area contributed by atoms with Crippen molar-refractivity contribution in [3.63, 3.8) is 0 Å². The van der Waals surface area contributed by atoms with E-state index in [9.17, 15) is 14.0 Å². The zero-order valence-corrected chi connectivity index (χ0v) is 12.7. The highest BCUT2D eigenvalue weighted by Crippen LogP contribution is 2.21. The lowest BCUT2D eigenvalue weighted by molar-refractivity contribution is -0.128. The number of rotatable bonds is 4. The molecule has 2 heterocycles. The Morgan fingerprint density at radius 2 is 2.17 bits per heavy atom. The lowest BCUT2D eigenvalue weighted by Gasteiger charge is -2.12. The van der Waals surface area contributed by atoms with Crippen molar-refractivity contribution in [1.29, 1.82) is 0 Å². The van der Waals surface area contributed by atoms with Gasteiger partial charge in [-0.1, -0.05) is 19.9 Å². The van der Waals surface area contributed by atoms with E-state index in [1.54, 1.807) is 12.1 Å². The summed E-state index contributed by atoms with van der Waals surface area (Å²) in [6, 6.07) is 4.90. The predicted molar refractivity (Wildman–Crippen MR) is 79.6 cm³/mol. The number of carbonyl (C=O) groups is 2. The van der Waals surface area contributed by atoms with E-state index < -0.39 is 17.9 Å². The quantitative estimate of drug-likeness (QED) is 0.879. The lowest BCUT2D eigenvalue weighted by Crippen LogP contribution is -2.34. The van der Waals surface area contributed by atoms with Gasteiger partial charge in [0.1, 0.15) is 18.1 Å². The SMILES string of the molecule is CC(C)[C@H]1NC(=O)N(Cc2coc(-c3cccc(F)c3)n2)C1=O. The van der Waals surface area contributed by atoms with Crippen LogP contribution < -0.4 is 5.32 Å². The van der Waals surface area contributed by atoms with Crippen LogP contribution in [0.4, 0.5) is 9.18 Å². The van der Waals surface area contributed by atoms with Gasteiger partial charge in [0.15, 0.2) is 0 Å². The monoisotopic (exact) mass is 317 g/mol. The van der Waals surface area contributed by atoms with Gasteiger partial charge < -0.3 is 9.73 Å². The first-order valence-electron chi connectivity index (χ1n) is 7.28. The molecule has 3 amide bonds. The Morgan fingerprint density at radius 1 is 1.39 bits per heavy atom. The molecule has 3 rings (SSSR count). The molecule has 0 spiro atoms. The van der Waals surface area contributed by atoms with Gasteiger partial charge in [0.05, 0.1) is 12.2 Å². The molecule has 0 radical (unpaired) electrons. The van der Waals surface area contributed by atoms with Gasteiger partial charge in [-0.15, -0.1) is 0 Å². The van der Waals surface area contributed by atoms with Gasteiger partial charge in [0, 0.05) is 5.56 Å². The number of oxazole rings is 1. The van der Waals surface area contributed by atoms with Crippen molar-refractivity contribution in [3.8, 4) is 11.5 Å². The Labute approximate surface area is 132 Å². The Kier molecular flexibility index (Phi) is 3.85. The van der Waals surface area contributed by atoms with E-state index in [1.165, 1.54) is 18.4 Å². The molecule has 1 aromatic heterocycles. The molecule has 1 fully saturated rings. The summed E-state index contributed by atoms with van der Waals surface area (Å²) in [6.07, 6.45) is 1.36. The van der Waals surface area contributed by atoms with Crippen LogP contribution in [0.1, 0.15) is 19.5 Å². The third kappa shape index (κ3) is 2.94. The van der Waals surface area contributed by atoms with E-state index in [0.717, 1.165) is 4.90 Å². The first kappa shape index (κ1) is 15.2. The number of nitrogens with zero attached hydrogens (tertiary/aromatic N) is 2. The third-order valence-corrected chi connectivity index (χ3v) is 3.67. The first-order valence-corrected chi connectivity index (χ1v) is 7.28. The van der Waals surface area contributed by atoms with Crippen molar-refractivity contribution < 1.29 is 18.4 Å². The smallest absolute Gasteiger partial charge is 0.325 e. The zero-order valence-electron chi connectivity index (χ0n) is 12.7. The molecule has 0 saturated carbocycles. The Bertz CT molecular complexity index is 757. The molecule has 1 N–H and O–H groups in total. The fourth-order valence-corrected chi connectivity index (χ4v) is 2.44. The van der Waals surface area contributed by atoms with E-state index in [0.29, 0.717) is 11.3 Å². The molecule has 7 heteroatoms.